The molecule has 0 atom stereocenters. The number of H-pyrrole nitrogens is 1. The van der Waals surface area contributed by atoms with Gasteiger partial charge in [-0.2, -0.15) is 0 Å². The first-order valence-corrected chi connectivity index (χ1v) is 11.9. The van der Waals surface area contributed by atoms with Crippen molar-refractivity contribution in [3.8, 4) is 11.3 Å². The molecule has 2 aromatic carbocycles. The second-order valence-electron chi connectivity index (χ2n) is 9.00. The van der Waals surface area contributed by atoms with Crippen LogP contribution in [0.25, 0.3) is 22.2 Å². The van der Waals surface area contributed by atoms with Crippen LogP contribution in [0.2, 0.25) is 5.02 Å². The topological polar surface area (TPSA) is 70.7 Å². The number of aromatic nitrogens is 3. The Hall–Kier alpha value is -3.18. The van der Waals surface area contributed by atoms with E-state index in [1.807, 2.05) is 55.6 Å². The summed E-state index contributed by atoms with van der Waals surface area (Å²) in [6, 6.07) is 16.3. The van der Waals surface area contributed by atoms with Crippen molar-refractivity contribution in [2.24, 2.45) is 5.92 Å². The van der Waals surface area contributed by atoms with Gasteiger partial charge in [-0.3, -0.25) is 4.79 Å². The smallest absolute Gasteiger partial charge is 0.223 e. The summed E-state index contributed by atoms with van der Waals surface area (Å²) in [4.78, 5) is 25.1. The molecule has 0 aliphatic heterocycles. The molecule has 1 saturated carbocycles. The number of aryl methyl sites for hydroxylation is 1. The zero-order chi connectivity index (χ0) is 22.8. The molecule has 6 heteroatoms. The van der Waals surface area contributed by atoms with E-state index in [-0.39, 0.29) is 5.78 Å². The predicted octanol–water partition coefficient (Wildman–Crippen LogP) is 6.83. The van der Waals surface area contributed by atoms with Crippen molar-refractivity contribution in [1.82, 2.24) is 15.0 Å². The van der Waals surface area contributed by atoms with Gasteiger partial charge in [-0.1, -0.05) is 53.6 Å². The minimum absolute atomic E-state index is 0.250. The Bertz CT molecular complexity index is 1290. The summed E-state index contributed by atoms with van der Waals surface area (Å²) >= 11 is 6.46. The SMILES string of the molecule is Cc1cccc(C(=O)CC2CCC(Nc3ncc(Cl)c(-c4c[nH]c5ccccc45)n3)CC2)c1. The fourth-order valence-corrected chi connectivity index (χ4v) is 4.98. The lowest BCUT2D eigenvalue weighted by atomic mass is 9.82. The molecule has 1 aliphatic rings. The largest absolute Gasteiger partial charge is 0.360 e. The maximum atomic E-state index is 12.7. The van der Waals surface area contributed by atoms with Crippen molar-refractivity contribution in [3.63, 3.8) is 0 Å². The minimum Gasteiger partial charge on any atom is -0.360 e. The van der Waals surface area contributed by atoms with E-state index in [4.69, 9.17) is 16.6 Å². The summed E-state index contributed by atoms with van der Waals surface area (Å²) in [5.74, 6) is 1.28. The summed E-state index contributed by atoms with van der Waals surface area (Å²) < 4.78 is 0. The number of Topliss-reactive ketones (excluding diaryl/α,β-unsaturated/α-hetero) is 1. The number of hydrogen-bond donors (Lipinski definition) is 2. The van der Waals surface area contributed by atoms with Gasteiger partial charge in [-0.25, -0.2) is 9.97 Å². The van der Waals surface area contributed by atoms with Crippen LogP contribution in [0.3, 0.4) is 0 Å². The molecule has 2 aromatic heterocycles. The van der Waals surface area contributed by atoms with Crippen molar-refractivity contribution >= 4 is 34.2 Å². The third-order valence-corrected chi connectivity index (χ3v) is 6.86. The van der Waals surface area contributed by atoms with Gasteiger partial charge < -0.3 is 10.3 Å². The lowest BCUT2D eigenvalue weighted by molar-refractivity contribution is 0.0948. The van der Waals surface area contributed by atoms with Crippen LogP contribution in [0.1, 0.15) is 48.0 Å². The number of hydrogen-bond acceptors (Lipinski definition) is 4. The van der Waals surface area contributed by atoms with Crippen LogP contribution >= 0.6 is 11.6 Å². The number of carbonyl (C=O) groups is 1. The number of para-hydroxylation sites is 1. The van der Waals surface area contributed by atoms with Gasteiger partial charge >= 0.3 is 0 Å². The maximum absolute atomic E-state index is 12.7. The summed E-state index contributed by atoms with van der Waals surface area (Å²) in [6.07, 6.45) is 8.29. The second kappa shape index (κ2) is 9.36. The normalized spacial score (nSPS) is 18.4. The molecular weight excluding hydrogens is 432 g/mol. The number of fused-ring (bicyclic) bond motifs is 1. The van der Waals surface area contributed by atoms with E-state index in [2.05, 4.69) is 21.4 Å². The van der Waals surface area contributed by atoms with Crippen molar-refractivity contribution in [1.29, 1.82) is 0 Å². The average Bonchev–Trinajstić information content (AvgIpc) is 3.25. The number of anilines is 1. The summed E-state index contributed by atoms with van der Waals surface area (Å²) in [6.45, 7) is 2.02. The summed E-state index contributed by atoms with van der Waals surface area (Å²) in [5, 5.41) is 5.11. The van der Waals surface area contributed by atoms with Gasteiger partial charge in [0, 0.05) is 40.7 Å². The predicted molar refractivity (Wildman–Crippen MR) is 134 cm³/mol. The first kappa shape index (κ1) is 21.7. The fourth-order valence-electron chi connectivity index (χ4n) is 4.79. The minimum atomic E-state index is 0.250. The van der Waals surface area contributed by atoms with Gasteiger partial charge in [0.1, 0.15) is 0 Å². The molecule has 5 rings (SSSR count). The van der Waals surface area contributed by atoms with Crippen LogP contribution in [0.4, 0.5) is 5.95 Å². The Morgan fingerprint density at radius 3 is 2.76 bits per heavy atom. The van der Waals surface area contributed by atoms with E-state index in [1.165, 1.54) is 0 Å². The zero-order valence-electron chi connectivity index (χ0n) is 18.6. The molecule has 2 heterocycles. The van der Waals surface area contributed by atoms with E-state index < -0.39 is 0 Å². The average molecular weight is 459 g/mol. The quantitative estimate of drug-likeness (QED) is 0.310. The number of nitrogens with one attached hydrogen (secondary N) is 2. The number of nitrogens with zero attached hydrogens (tertiary/aromatic N) is 2. The highest BCUT2D eigenvalue weighted by Gasteiger charge is 2.24. The van der Waals surface area contributed by atoms with Crippen LogP contribution in [-0.4, -0.2) is 26.8 Å². The highest BCUT2D eigenvalue weighted by Crippen LogP contribution is 2.33. The zero-order valence-corrected chi connectivity index (χ0v) is 19.4. The lowest BCUT2D eigenvalue weighted by Crippen LogP contribution is -2.28. The number of halogens is 1. The Morgan fingerprint density at radius 1 is 1.12 bits per heavy atom. The third kappa shape index (κ3) is 4.79. The molecule has 0 spiro atoms. The second-order valence-corrected chi connectivity index (χ2v) is 9.40. The van der Waals surface area contributed by atoms with Gasteiger partial charge in [0.2, 0.25) is 5.95 Å². The first-order chi connectivity index (χ1) is 16.1. The molecule has 0 amide bonds. The highest BCUT2D eigenvalue weighted by molar-refractivity contribution is 6.33. The summed E-state index contributed by atoms with van der Waals surface area (Å²) in [5.41, 5.74) is 4.71. The van der Waals surface area contributed by atoms with E-state index in [0.29, 0.717) is 29.4 Å². The van der Waals surface area contributed by atoms with Gasteiger partial charge in [-0.05, 0) is 50.7 Å². The number of benzene rings is 2. The molecule has 33 heavy (non-hydrogen) atoms. The van der Waals surface area contributed by atoms with Crippen LogP contribution in [0.15, 0.2) is 60.9 Å². The Kier molecular flexibility index (Phi) is 6.14. The molecule has 5 nitrogen and oxygen atoms in total. The molecule has 1 aliphatic carbocycles. The first-order valence-electron chi connectivity index (χ1n) is 11.5. The molecule has 0 unspecified atom stereocenters. The van der Waals surface area contributed by atoms with Crippen molar-refractivity contribution in [3.05, 3.63) is 77.1 Å². The van der Waals surface area contributed by atoms with Gasteiger partial charge in [0.15, 0.2) is 5.78 Å². The van der Waals surface area contributed by atoms with Crippen LogP contribution in [-0.2, 0) is 0 Å². The van der Waals surface area contributed by atoms with Crippen molar-refractivity contribution in [2.75, 3.05) is 5.32 Å². The Morgan fingerprint density at radius 2 is 1.94 bits per heavy atom. The molecule has 2 N–H and O–H groups in total. The molecule has 4 aromatic rings. The highest BCUT2D eigenvalue weighted by atomic mass is 35.5. The van der Waals surface area contributed by atoms with E-state index in [1.54, 1.807) is 6.20 Å². The molecular formula is C27H27ClN4O. The third-order valence-electron chi connectivity index (χ3n) is 6.58. The monoisotopic (exact) mass is 458 g/mol. The molecule has 0 radical (unpaired) electrons. The van der Waals surface area contributed by atoms with E-state index in [0.717, 1.165) is 59.0 Å². The maximum Gasteiger partial charge on any atom is 0.223 e. The van der Waals surface area contributed by atoms with Crippen LogP contribution in [0.5, 0.6) is 0 Å². The standard InChI is InChI=1S/C27H27ClN4O/c1-17-5-4-6-19(13-17)25(33)14-18-9-11-20(12-10-18)31-27-30-16-23(28)26(32-27)22-15-29-24-8-3-2-7-21(22)24/h2-8,13,15-16,18,20,29H,9-12,14H2,1H3,(H,30,31,32). The number of carbonyl (C=O) groups excluding carboxylic acids is 1. The Balaban J connectivity index is 1.22. The van der Waals surface area contributed by atoms with E-state index >= 15 is 0 Å². The fraction of sp³-hybridized carbons (Fsp3) is 0.296. The number of ketones is 1. The van der Waals surface area contributed by atoms with E-state index in [9.17, 15) is 4.79 Å². The van der Waals surface area contributed by atoms with Crippen molar-refractivity contribution in [2.45, 2.75) is 45.1 Å². The van der Waals surface area contributed by atoms with Crippen molar-refractivity contribution < 1.29 is 4.79 Å². The lowest BCUT2D eigenvalue weighted by Gasteiger charge is -2.29. The number of rotatable bonds is 6. The molecule has 1 fully saturated rings. The van der Waals surface area contributed by atoms with Crippen LogP contribution in [0, 0.1) is 12.8 Å². The van der Waals surface area contributed by atoms with Gasteiger partial charge in [0.25, 0.3) is 0 Å². The van der Waals surface area contributed by atoms with Crippen LogP contribution < -0.4 is 5.32 Å². The molecule has 0 bridgehead atoms. The van der Waals surface area contributed by atoms with Gasteiger partial charge in [0.05, 0.1) is 16.9 Å². The Labute approximate surface area is 198 Å². The van der Waals surface area contributed by atoms with Gasteiger partial charge in [-0.15, -0.1) is 0 Å². The summed E-state index contributed by atoms with van der Waals surface area (Å²) in [7, 11) is 0. The molecule has 0 saturated heterocycles. The molecule has 168 valence electrons. The number of aromatic amines is 1.